The zero-order valence-corrected chi connectivity index (χ0v) is 11.2. The summed E-state index contributed by atoms with van der Waals surface area (Å²) in [4.78, 5) is 11.6. The van der Waals surface area contributed by atoms with E-state index in [4.69, 9.17) is 10.5 Å². The van der Waals surface area contributed by atoms with Gasteiger partial charge in [0, 0.05) is 24.8 Å². The third kappa shape index (κ3) is 3.62. The Hall–Kier alpha value is -2.25. The fraction of sp³-hybridized carbons (Fsp3) is 0.308. The lowest BCUT2D eigenvalue weighted by molar-refractivity contribution is -0.120. The maximum absolute atomic E-state index is 11.6. The highest BCUT2D eigenvalue weighted by Gasteiger charge is 2.07. The number of carbonyl (C=O) groups is 1. The van der Waals surface area contributed by atoms with Crippen molar-refractivity contribution in [2.24, 2.45) is 12.8 Å². The van der Waals surface area contributed by atoms with Crippen molar-refractivity contribution in [2.75, 3.05) is 25.1 Å². The summed E-state index contributed by atoms with van der Waals surface area (Å²) in [5.74, 6) is 0.522. The standard InChI is InChI=1S/C13H17N5O2/c1-18-9-15-17-13(18)10-3-2-4-11(7-10)16-12(19)8-20-6-5-14/h2-4,7,9H,5-6,8,14H2,1H3,(H,16,19). The highest BCUT2D eigenvalue weighted by Crippen LogP contribution is 2.19. The summed E-state index contributed by atoms with van der Waals surface area (Å²) in [6.45, 7) is 0.757. The molecule has 7 heteroatoms. The molecule has 0 unspecified atom stereocenters. The van der Waals surface area contributed by atoms with Crippen LogP contribution in [0.5, 0.6) is 0 Å². The molecule has 0 bridgehead atoms. The second-order valence-corrected chi connectivity index (χ2v) is 4.24. The van der Waals surface area contributed by atoms with Crippen LogP contribution in [0.15, 0.2) is 30.6 Å². The number of hydrogen-bond donors (Lipinski definition) is 2. The largest absolute Gasteiger partial charge is 0.370 e. The van der Waals surface area contributed by atoms with Crippen molar-refractivity contribution >= 4 is 11.6 Å². The summed E-state index contributed by atoms with van der Waals surface area (Å²) in [6.07, 6.45) is 1.63. The molecule has 1 aromatic carbocycles. The molecular formula is C13H17N5O2. The number of anilines is 1. The molecule has 20 heavy (non-hydrogen) atoms. The van der Waals surface area contributed by atoms with Gasteiger partial charge in [-0.05, 0) is 12.1 Å². The van der Waals surface area contributed by atoms with Crippen LogP contribution in [-0.2, 0) is 16.6 Å². The number of rotatable bonds is 6. The van der Waals surface area contributed by atoms with Crippen LogP contribution in [0.2, 0.25) is 0 Å². The van der Waals surface area contributed by atoms with Gasteiger partial charge in [0.05, 0.1) is 6.61 Å². The van der Waals surface area contributed by atoms with Crippen molar-refractivity contribution in [1.29, 1.82) is 0 Å². The molecule has 1 aromatic heterocycles. The SMILES string of the molecule is Cn1cnnc1-c1cccc(NC(=O)COCCN)c1. The van der Waals surface area contributed by atoms with E-state index in [1.54, 1.807) is 12.4 Å². The van der Waals surface area contributed by atoms with Crippen molar-refractivity contribution in [3.63, 3.8) is 0 Å². The molecule has 2 rings (SSSR count). The van der Waals surface area contributed by atoms with E-state index in [0.717, 1.165) is 11.4 Å². The van der Waals surface area contributed by atoms with Crippen LogP contribution in [0, 0.1) is 0 Å². The molecule has 0 aliphatic heterocycles. The van der Waals surface area contributed by atoms with Crippen molar-refractivity contribution in [2.45, 2.75) is 0 Å². The Labute approximate surface area is 116 Å². The number of nitrogens with one attached hydrogen (secondary N) is 1. The summed E-state index contributed by atoms with van der Waals surface area (Å²) in [7, 11) is 1.86. The normalized spacial score (nSPS) is 10.5. The molecule has 0 saturated carbocycles. The number of hydrogen-bond acceptors (Lipinski definition) is 5. The van der Waals surface area contributed by atoms with Crippen LogP contribution in [0.25, 0.3) is 11.4 Å². The maximum Gasteiger partial charge on any atom is 0.250 e. The second-order valence-electron chi connectivity index (χ2n) is 4.24. The Bertz CT molecular complexity index is 582. The van der Waals surface area contributed by atoms with E-state index in [1.165, 1.54) is 0 Å². The summed E-state index contributed by atoms with van der Waals surface area (Å²) in [5.41, 5.74) is 6.85. The third-order valence-electron chi connectivity index (χ3n) is 2.61. The first kappa shape index (κ1) is 14.2. The lowest BCUT2D eigenvalue weighted by Crippen LogP contribution is -2.20. The highest BCUT2D eigenvalue weighted by molar-refractivity contribution is 5.92. The second kappa shape index (κ2) is 6.78. The van der Waals surface area contributed by atoms with E-state index in [1.807, 2.05) is 29.8 Å². The Morgan fingerprint density at radius 1 is 1.50 bits per heavy atom. The van der Waals surface area contributed by atoms with Crippen molar-refractivity contribution < 1.29 is 9.53 Å². The van der Waals surface area contributed by atoms with E-state index in [2.05, 4.69) is 15.5 Å². The average molecular weight is 275 g/mol. The molecule has 0 spiro atoms. The number of amides is 1. The van der Waals surface area contributed by atoms with Gasteiger partial charge in [-0.25, -0.2) is 0 Å². The average Bonchev–Trinajstić information content (AvgIpc) is 2.85. The summed E-state index contributed by atoms with van der Waals surface area (Å²) in [5, 5.41) is 10.6. The van der Waals surface area contributed by atoms with Crippen LogP contribution < -0.4 is 11.1 Å². The number of carbonyl (C=O) groups excluding carboxylic acids is 1. The summed E-state index contributed by atoms with van der Waals surface area (Å²) in [6, 6.07) is 7.40. The number of ether oxygens (including phenoxy) is 1. The van der Waals surface area contributed by atoms with Crippen molar-refractivity contribution in [1.82, 2.24) is 14.8 Å². The topological polar surface area (TPSA) is 95.1 Å². The fourth-order valence-corrected chi connectivity index (χ4v) is 1.73. The Morgan fingerprint density at radius 2 is 2.35 bits per heavy atom. The lowest BCUT2D eigenvalue weighted by Gasteiger charge is -2.07. The van der Waals surface area contributed by atoms with Crippen LogP contribution in [0.3, 0.4) is 0 Å². The van der Waals surface area contributed by atoms with Crippen molar-refractivity contribution in [3.05, 3.63) is 30.6 Å². The molecular weight excluding hydrogens is 258 g/mol. The van der Waals surface area contributed by atoms with Gasteiger partial charge in [-0.2, -0.15) is 0 Å². The maximum atomic E-state index is 11.6. The van der Waals surface area contributed by atoms with E-state index in [0.29, 0.717) is 18.8 Å². The number of benzene rings is 1. The zero-order chi connectivity index (χ0) is 14.4. The van der Waals surface area contributed by atoms with E-state index in [-0.39, 0.29) is 12.5 Å². The lowest BCUT2D eigenvalue weighted by atomic mass is 10.2. The van der Waals surface area contributed by atoms with Crippen LogP contribution in [-0.4, -0.2) is 40.4 Å². The van der Waals surface area contributed by atoms with Crippen LogP contribution in [0.4, 0.5) is 5.69 Å². The van der Waals surface area contributed by atoms with Gasteiger partial charge in [0.1, 0.15) is 12.9 Å². The summed E-state index contributed by atoms with van der Waals surface area (Å²) >= 11 is 0. The van der Waals surface area contributed by atoms with Crippen LogP contribution >= 0.6 is 0 Å². The van der Waals surface area contributed by atoms with Crippen molar-refractivity contribution in [3.8, 4) is 11.4 Å². The predicted molar refractivity (Wildman–Crippen MR) is 74.9 cm³/mol. The molecule has 0 fully saturated rings. The van der Waals surface area contributed by atoms with E-state index in [9.17, 15) is 4.79 Å². The summed E-state index contributed by atoms with van der Waals surface area (Å²) < 4.78 is 6.89. The molecule has 1 amide bonds. The van der Waals surface area contributed by atoms with Gasteiger partial charge in [0.25, 0.3) is 0 Å². The molecule has 0 aliphatic rings. The Morgan fingerprint density at radius 3 is 3.05 bits per heavy atom. The van der Waals surface area contributed by atoms with Gasteiger partial charge in [0.2, 0.25) is 5.91 Å². The first-order valence-corrected chi connectivity index (χ1v) is 6.23. The molecule has 2 aromatic rings. The molecule has 0 radical (unpaired) electrons. The molecule has 106 valence electrons. The minimum absolute atomic E-state index is 0.00854. The highest BCUT2D eigenvalue weighted by atomic mass is 16.5. The molecule has 7 nitrogen and oxygen atoms in total. The predicted octanol–water partition coefficient (Wildman–Crippen LogP) is 0.396. The third-order valence-corrected chi connectivity index (χ3v) is 2.61. The van der Waals surface area contributed by atoms with Gasteiger partial charge in [-0.15, -0.1) is 10.2 Å². The number of nitrogens with two attached hydrogens (primary N) is 1. The molecule has 0 saturated heterocycles. The molecule has 0 atom stereocenters. The Balaban J connectivity index is 2.03. The quantitative estimate of drug-likeness (QED) is 0.744. The van der Waals surface area contributed by atoms with Crippen LogP contribution in [0.1, 0.15) is 0 Å². The van der Waals surface area contributed by atoms with E-state index < -0.39 is 0 Å². The molecule has 3 N–H and O–H groups in total. The number of nitrogens with zero attached hydrogens (tertiary/aromatic N) is 3. The number of aryl methyl sites for hydroxylation is 1. The van der Waals surface area contributed by atoms with Gasteiger partial charge in [0.15, 0.2) is 5.82 Å². The number of aromatic nitrogens is 3. The first-order valence-electron chi connectivity index (χ1n) is 6.23. The first-order chi connectivity index (χ1) is 9.70. The van der Waals surface area contributed by atoms with Gasteiger partial charge >= 0.3 is 0 Å². The monoisotopic (exact) mass is 275 g/mol. The minimum Gasteiger partial charge on any atom is -0.370 e. The zero-order valence-electron chi connectivity index (χ0n) is 11.2. The smallest absolute Gasteiger partial charge is 0.250 e. The fourth-order valence-electron chi connectivity index (χ4n) is 1.73. The van der Waals surface area contributed by atoms with Gasteiger partial charge in [-0.3, -0.25) is 4.79 Å². The Kier molecular flexibility index (Phi) is 4.80. The van der Waals surface area contributed by atoms with Gasteiger partial charge < -0.3 is 20.4 Å². The van der Waals surface area contributed by atoms with Gasteiger partial charge in [-0.1, -0.05) is 12.1 Å². The molecule has 0 aliphatic carbocycles. The van der Waals surface area contributed by atoms with E-state index >= 15 is 0 Å². The molecule has 1 heterocycles. The minimum atomic E-state index is -0.214.